The van der Waals surface area contributed by atoms with Crippen LogP contribution in [0.3, 0.4) is 0 Å². The summed E-state index contributed by atoms with van der Waals surface area (Å²) in [5.74, 6) is -0.340. The van der Waals surface area contributed by atoms with Gasteiger partial charge < -0.3 is 9.47 Å². The molecule has 8 nitrogen and oxygen atoms in total. The van der Waals surface area contributed by atoms with E-state index < -0.39 is 11.8 Å². The summed E-state index contributed by atoms with van der Waals surface area (Å²) in [6, 6.07) is 4.08. The van der Waals surface area contributed by atoms with Gasteiger partial charge in [-0.05, 0) is 35.7 Å². The highest BCUT2D eigenvalue weighted by Gasteiger charge is 2.31. The molecule has 3 aromatic heterocycles. The average Bonchev–Trinajstić information content (AvgIpc) is 3.70. The minimum absolute atomic E-state index is 0.248. The van der Waals surface area contributed by atoms with Gasteiger partial charge in [0.05, 0.1) is 33.1 Å². The molecular formula is C28H32N4O4S5. The molecule has 0 bridgehead atoms. The highest BCUT2D eigenvalue weighted by atomic mass is 32.2. The molecule has 5 rings (SSSR count). The van der Waals surface area contributed by atoms with Gasteiger partial charge in [-0.1, -0.05) is 27.7 Å². The standard InChI is InChI=1S/C28H32N4O4S5/c1-5-9-35-21-22(36-10-6-2)24(26(34)32-30-20-14-16(4)40-28-18(20)8-12-38-28)41-23(21)25(33)31-29-19-13-15(3)39-27-17(19)7-11-37-27/h7-8,11-12,15-16H,5-6,9-10,13-14H2,1-4H3,(H,31,33)(H,32,34)/b29-19-,30-20+. The molecule has 0 saturated heterocycles. The quantitative estimate of drug-likeness (QED) is 0.221. The molecule has 5 heterocycles. The van der Waals surface area contributed by atoms with Gasteiger partial charge in [0.25, 0.3) is 11.8 Å². The normalized spacial score (nSPS) is 20.0. The Balaban J connectivity index is 1.44. The maximum absolute atomic E-state index is 13.5. The second-order valence-electron chi connectivity index (χ2n) is 9.62. The summed E-state index contributed by atoms with van der Waals surface area (Å²) < 4.78 is 14.5. The van der Waals surface area contributed by atoms with Crippen molar-refractivity contribution in [1.82, 2.24) is 10.9 Å². The van der Waals surface area contributed by atoms with Crippen LogP contribution in [0.1, 0.15) is 83.8 Å². The van der Waals surface area contributed by atoms with E-state index in [1.165, 1.54) is 8.42 Å². The number of nitrogens with zero attached hydrogens (tertiary/aromatic N) is 2. The summed E-state index contributed by atoms with van der Waals surface area (Å²) in [5, 5.41) is 13.8. The van der Waals surface area contributed by atoms with Gasteiger partial charge in [-0.2, -0.15) is 10.2 Å². The zero-order valence-corrected chi connectivity index (χ0v) is 27.4. The molecule has 2 unspecified atom stereocenters. The molecule has 2 amide bonds. The lowest BCUT2D eigenvalue weighted by Crippen LogP contribution is -2.23. The van der Waals surface area contributed by atoms with Crippen LogP contribution in [0.2, 0.25) is 0 Å². The average molecular weight is 649 g/mol. The van der Waals surface area contributed by atoms with E-state index >= 15 is 0 Å². The van der Waals surface area contributed by atoms with Crippen molar-refractivity contribution in [1.29, 1.82) is 0 Å². The molecule has 0 fully saturated rings. The molecule has 2 atom stereocenters. The Morgan fingerprint density at radius 2 is 1.24 bits per heavy atom. The molecular weight excluding hydrogens is 617 g/mol. The summed E-state index contributed by atoms with van der Waals surface area (Å²) in [7, 11) is 0. The Morgan fingerprint density at radius 3 is 1.66 bits per heavy atom. The molecule has 0 radical (unpaired) electrons. The number of nitrogens with one attached hydrogen (secondary N) is 2. The maximum Gasteiger partial charge on any atom is 0.285 e. The van der Waals surface area contributed by atoms with E-state index in [2.05, 4.69) is 34.9 Å². The molecule has 41 heavy (non-hydrogen) atoms. The number of hydrogen-bond donors (Lipinski definition) is 2. The monoisotopic (exact) mass is 648 g/mol. The van der Waals surface area contributed by atoms with Gasteiger partial charge in [-0.25, -0.2) is 10.9 Å². The number of thiophene rings is 3. The van der Waals surface area contributed by atoms with Gasteiger partial charge in [0, 0.05) is 34.5 Å². The molecule has 2 aliphatic heterocycles. The van der Waals surface area contributed by atoms with Gasteiger partial charge in [0.15, 0.2) is 11.5 Å². The highest BCUT2D eigenvalue weighted by Crippen LogP contribution is 2.44. The molecule has 0 aromatic carbocycles. The molecule has 2 aliphatic rings. The fraction of sp³-hybridized carbons (Fsp3) is 0.429. The summed E-state index contributed by atoms with van der Waals surface area (Å²) in [4.78, 5) is 27.5. The first kappa shape index (κ1) is 30.1. The fourth-order valence-corrected chi connectivity index (χ4v) is 10.2. The molecule has 2 N–H and O–H groups in total. The SMILES string of the molecule is CCCOc1c(C(=O)N/N=C2/CC(C)Sc3sccc32)sc(C(=O)N/N=C2\CC(C)Sc3sccc32)c1OCCC. The van der Waals surface area contributed by atoms with Crippen LogP contribution in [0.15, 0.2) is 41.5 Å². The Bertz CT molecular complexity index is 1370. The van der Waals surface area contributed by atoms with Crippen molar-refractivity contribution in [2.75, 3.05) is 13.2 Å². The molecule has 0 aliphatic carbocycles. The van der Waals surface area contributed by atoms with Crippen molar-refractivity contribution in [2.45, 2.75) is 72.3 Å². The van der Waals surface area contributed by atoms with E-state index in [0.29, 0.717) is 23.7 Å². The molecule has 0 spiro atoms. The Morgan fingerprint density at radius 1 is 0.805 bits per heavy atom. The second-order valence-corrected chi connectivity index (χ2v) is 15.9. The van der Waals surface area contributed by atoms with Crippen molar-refractivity contribution in [3.05, 3.63) is 43.8 Å². The van der Waals surface area contributed by atoms with E-state index in [-0.39, 0.29) is 21.3 Å². The first-order valence-corrected chi connectivity index (χ1v) is 17.9. The number of rotatable bonds is 10. The van der Waals surface area contributed by atoms with Crippen LogP contribution in [-0.2, 0) is 0 Å². The first-order chi connectivity index (χ1) is 19.9. The Labute approximate surface area is 260 Å². The van der Waals surface area contributed by atoms with E-state index in [0.717, 1.165) is 59.6 Å². The topological polar surface area (TPSA) is 101 Å². The van der Waals surface area contributed by atoms with Gasteiger partial charge >= 0.3 is 0 Å². The second kappa shape index (κ2) is 13.8. The summed E-state index contributed by atoms with van der Waals surface area (Å²) in [6.07, 6.45) is 2.97. The van der Waals surface area contributed by atoms with Crippen molar-refractivity contribution in [3.8, 4) is 11.5 Å². The van der Waals surface area contributed by atoms with E-state index in [4.69, 9.17) is 9.47 Å². The van der Waals surface area contributed by atoms with E-state index in [9.17, 15) is 9.59 Å². The highest BCUT2D eigenvalue weighted by molar-refractivity contribution is 8.02. The van der Waals surface area contributed by atoms with Crippen LogP contribution in [0.4, 0.5) is 0 Å². The van der Waals surface area contributed by atoms with E-state index in [1.807, 2.05) is 60.3 Å². The third-order valence-electron chi connectivity index (χ3n) is 6.18. The zero-order chi connectivity index (χ0) is 28.9. The molecule has 3 aromatic rings. The van der Waals surface area contributed by atoms with Crippen LogP contribution < -0.4 is 20.3 Å². The van der Waals surface area contributed by atoms with Gasteiger partial charge in [0.1, 0.15) is 9.75 Å². The summed E-state index contributed by atoms with van der Waals surface area (Å²) in [6.45, 7) is 9.02. The smallest absolute Gasteiger partial charge is 0.285 e. The summed E-state index contributed by atoms with van der Waals surface area (Å²) in [5.41, 5.74) is 9.26. The first-order valence-electron chi connectivity index (χ1n) is 13.5. The number of hydrazone groups is 2. The Kier molecular flexibility index (Phi) is 10.1. The Hall–Kier alpha value is -2.32. The zero-order valence-electron chi connectivity index (χ0n) is 23.3. The number of hydrogen-bond acceptors (Lipinski definition) is 11. The predicted molar refractivity (Wildman–Crippen MR) is 172 cm³/mol. The summed E-state index contributed by atoms with van der Waals surface area (Å²) >= 11 is 8.05. The van der Waals surface area contributed by atoms with Gasteiger partial charge in [-0.3, -0.25) is 9.59 Å². The third kappa shape index (κ3) is 6.85. The third-order valence-corrected chi connectivity index (χ3v) is 11.9. The van der Waals surface area contributed by atoms with Crippen LogP contribution in [-0.4, -0.2) is 47.0 Å². The van der Waals surface area contributed by atoms with Gasteiger partial charge in [-0.15, -0.1) is 57.5 Å². The number of thioether (sulfide) groups is 2. The molecule has 13 heteroatoms. The number of carbonyl (C=O) groups excluding carboxylic acids is 2. The molecule has 218 valence electrons. The van der Waals surface area contributed by atoms with Crippen LogP contribution in [0.25, 0.3) is 0 Å². The lowest BCUT2D eigenvalue weighted by Gasteiger charge is -2.19. The van der Waals surface area contributed by atoms with Crippen molar-refractivity contribution < 1.29 is 19.1 Å². The van der Waals surface area contributed by atoms with Crippen LogP contribution >= 0.6 is 57.5 Å². The number of amides is 2. The van der Waals surface area contributed by atoms with Gasteiger partial charge in [0.2, 0.25) is 0 Å². The van der Waals surface area contributed by atoms with Crippen LogP contribution in [0, 0.1) is 0 Å². The fourth-order valence-electron chi connectivity index (χ4n) is 4.33. The lowest BCUT2D eigenvalue weighted by molar-refractivity contribution is 0.0945. The minimum atomic E-state index is -0.441. The van der Waals surface area contributed by atoms with Crippen molar-refractivity contribution >= 4 is 80.8 Å². The van der Waals surface area contributed by atoms with Crippen molar-refractivity contribution in [3.63, 3.8) is 0 Å². The lowest BCUT2D eigenvalue weighted by atomic mass is 10.1. The largest absolute Gasteiger partial charge is 0.488 e. The van der Waals surface area contributed by atoms with Crippen LogP contribution in [0.5, 0.6) is 11.5 Å². The predicted octanol–water partition coefficient (Wildman–Crippen LogP) is 7.49. The van der Waals surface area contributed by atoms with E-state index in [1.54, 1.807) is 22.7 Å². The van der Waals surface area contributed by atoms with Crippen molar-refractivity contribution in [2.24, 2.45) is 10.2 Å². The number of fused-ring (bicyclic) bond motifs is 2. The molecule has 0 saturated carbocycles. The maximum atomic E-state index is 13.5. The number of ether oxygens (including phenoxy) is 2. The number of carbonyl (C=O) groups is 2. The minimum Gasteiger partial charge on any atom is -0.488 e.